The third-order valence-corrected chi connectivity index (χ3v) is 4.62. The fourth-order valence-electron chi connectivity index (χ4n) is 2.08. The van der Waals surface area contributed by atoms with Crippen LogP contribution in [0.15, 0.2) is 37.2 Å². The van der Waals surface area contributed by atoms with Gasteiger partial charge in [-0.05, 0) is 31.5 Å². The number of carbonyl (C=O) groups excluding carboxylic acids is 3. The third-order valence-electron chi connectivity index (χ3n) is 3.40. The van der Waals surface area contributed by atoms with Crippen LogP contribution in [0.25, 0.3) is 5.00 Å². The van der Waals surface area contributed by atoms with E-state index in [1.54, 1.807) is 0 Å². The predicted molar refractivity (Wildman–Crippen MR) is 95.1 cm³/mol. The summed E-state index contributed by atoms with van der Waals surface area (Å²) < 4.78 is 6.89. The second-order valence-corrected chi connectivity index (χ2v) is 6.38. The molecule has 0 spiro atoms. The average Bonchev–Trinajstić information content (AvgIpc) is 3.20. The van der Waals surface area contributed by atoms with Gasteiger partial charge in [0.25, 0.3) is 5.91 Å². The molecule has 2 rings (SSSR count). The van der Waals surface area contributed by atoms with E-state index in [0.29, 0.717) is 5.56 Å². The highest BCUT2D eigenvalue weighted by Crippen LogP contribution is 2.31. The molecule has 0 fully saturated rings. The van der Waals surface area contributed by atoms with Crippen molar-refractivity contribution < 1.29 is 19.1 Å². The average molecular weight is 361 g/mol. The molecule has 0 radical (unpaired) electrons. The lowest BCUT2D eigenvalue weighted by atomic mass is 10.1. The molecule has 0 atom stereocenters. The van der Waals surface area contributed by atoms with E-state index in [2.05, 4.69) is 17.2 Å². The summed E-state index contributed by atoms with van der Waals surface area (Å²) >= 11 is 1.47. The van der Waals surface area contributed by atoms with Gasteiger partial charge in [0.05, 0.1) is 5.56 Å². The molecular weight excluding hydrogens is 342 g/mol. The minimum atomic E-state index is -0.706. The van der Waals surface area contributed by atoms with Crippen molar-refractivity contribution in [1.29, 1.82) is 0 Å². The molecular formula is C17H19N3O4S. The Morgan fingerprint density at radius 1 is 1.28 bits per heavy atom. The minimum absolute atomic E-state index is 0.229. The van der Waals surface area contributed by atoms with Crippen molar-refractivity contribution in [2.45, 2.75) is 13.8 Å². The van der Waals surface area contributed by atoms with Crippen molar-refractivity contribution in [3.05, 3.63) is 53.2 Å². The molecule has 0 aliphatic heterocycles. The second-order valence-electron chi connectivity index (χ2n) is 5.18. The van der Waals surface area contributed by atoms with Crippen LogP contribution in [0.3, 0.4) is 0 Å². The molecule has 0 saturated carbocycles. The van der Waals surface area contributed by atoms with Crippen LogP contribution in [-0.2, 0) is 9.53 Å². The van der Waals surface area contributed by atoms with Gasteiger partial charge in [0, 0.05) is 23.8 Å². The van der Waals surface area contributed by atoms with Gasteiger partial charge in [-0.2, -0.15) is 0 Å². The quantitative estimate of drug-likeness (QED) is 0.610. The first-order chi connectivity index (χ1) is 11.9. The Morgan fingerprint density at radius 3 is 2.60 bits per heavy atom. The maximum Gasteiger partial charge on any atom is 0.341 e. The van der Waals surface area contributed by atoms with Gasteiger partial charge in [0.1, 0.15) is 5.00 Å². The van der Waals surface area contributed by atoms with Gasteiger partial charge in [-0.3, -0.25) is 10.1 Å². The van der Waals surface area contributed by atoms with Crippen LogP contribution in [0, 0.1) is 13.8 Å². The molecule has 3 amide bonds. The highest BCUT2D eigenvalue weighted by Gasteiger charge is 2.22. The number of carbonyl (C=O) groups is 3. The highest BCUT2D eigenvalue weighted by atomic mass is 32.1. The number of thiophene rings is 1. The number of urea groups is 1. The molecule has 0 aromatic carbocycles. The summed E-state index contributed by atoms with van der Waals surface area (Å²) in [5, 5.41) is 5.19. The Morgan fingerprint density at radius 2 is 1.96 bits per heavy atom. The number of hydrogen-bond acceptors (Lipinski definition) is 5. The van der Waals surface area contributed by atoms with Crippen molar-refractivity contribution in [2.75, 3.05) is 13.2 Å². The van der Waals surface area contributed by atoms with E-state index < -0.39 is 24.5 Å². The van der Waals surface area contributed by atoms with Crippen LogP contribution >= 0.6 is 11.3 Å². The molecule has 8 heteroatoms. The smallest absolute Gasteiger partial charge is 0.341 e. The zero-order valence-electron chi connectivity index (χ0n) is 14.0. The zero-order valence-corrected chi connectivity index (χ0v) is 14.8. The number of aryl methyl sites for hydroxylation is 1. The monoisotopic (exact) mass is 361 g/mol. The van der Waals surface area contributed by atoms with Gasteiger partial charge < -0.3 is 14.6 Å². The van der Waals surface area contributed by atoms with Gasteiger partial charge in [-0.1, -0.05) is 6.08 Å². The van der Waals surface area contributed by atoms with Gasteiger partial charge >= 0.3 is 12.0 Å². The molecule has 2 aromatic heterocycles. The van der Waals surface area contributed by atoms with Gasteiger partial charge in [0.15, 0.2) is 6.61 Å². The predicted octanol–water partition coefficient (Wildman–Crippen LogP) is 2.32. The first-order valence-electron chi connectivity index (χ1n) is 7.53. The third kappa shape index (κ3) is 4.57. The lowest BCUT2D eigenvalue weighted by Gasteiger charge is -2.08. The molecule has 132 valence electrons. The maximum absolute atomic E-state index is 12.4. The maximum atomic E-state index is 12.4. The Labute approximate surface area is 149 Å². The van der Waals surface area contributed by atoms with E-state index in [4.69, 9.17) is 4.74 Å². The molecule has 0 aliphatic carbocycles. The van der Waals surface area contributed by atoms with E-state index in [1.165, 1.54) is 17.4 Å². The van der Waals surface area contributed by atoms with Crippen molar-refractivity contribution in [3.63, 3.8) is 0 Å². The number of ether oxygens (including phenoxy) is 1. The lowest BCUT2D eigenvalue weighted by Crippen LogP contribution is -2.41. The van der Waals surface area contributed by atoms with Crippen LogP contribution in [0.4, 0.5) is 4.79 Å². The van der Waals surface area contributed by atoms with Crippen LogP contribution in [-0.4, -0.2) is 35.6 Å². The lowest BCUT2D eigenvalue weighted by molar-refractivity contribution is -0.123. The number of rotatable bonds is 6. The van der Waals surface area contributed by atoms with Crippen LogP contribution < -0.4 is 10.6 Å². The summed E-state index contributed by atoms with van der Waals surface area (Å²) in [6.07, 6.45) is 5.14. The fourth-order valence-corrected chi connectivity index (χ4v) is 3.19. The normalized spacial score (nSPS) is 10.2. The van der Waals surface area contributed by atoms with Gasteiger partial charge in [-0.15, -0.1) is 17.9 Å². The van der Waals surface area contributed by atoms with Crippen molar-refractivity contribution >= 4 is 29.2 Å². The second kappa shape index (κ2) is 8.29. The number of nitrogens with zero attached hydrogens (tertiary/aromatic N) is 1. The number of esters is 1. The highest BCUT2D eigenvalue weighted by molar-refractivity contribution is 7.15. The van der Waals surface area contributed by atoms with Crippen molar-refractivity contribution in [1.82, 2.24) is 15.2 Å². The van der Waals surface area contributed by atoms with E-state index in [9.17, 15) is 14.4 Å². The van der Waals surface area contributed by atoms with E-state index in [0.717, 1.165) is 15.4 Å². The Kier molecular flexibility index (Phi) is 6.13. The summed E-state index contributed by atoms with van der Waals surface area (Å²) in [6.45, 7) is 6.88. The number of nitrogens with one attached hydrogen (secondary N) is 2. The Bertz CT molecular complexity index is 793. The fraction of sp³-hybridized carbons (Fsp3) is 0.235. The molecule has 2 heterocycles. The summed E-state index contributed by atoms with van der Waals surface area (Å²) in [4.78, 5) is 36.5. The zero-order chi connectivity index (χ0) is 18.4. The molecule has 2 aromatic rings. The van der Waals surface area contributed by atoms with Gasteiger partial charge in [-0.25, -0.2) is 9.59 Å². The first kappa shape index (κ1) is 18.5. The molecule has 0 saturated heterocycles. The summed E-state index contributed by atoms with van der Waals surface area (Å²) in [6, 6.07) is 3.04. The van der Waals surface area contributed by atoms with E-state index in [-0.39, 0.29) is 6.54 Å². The van der Waals surface area contributed by atoms with Crippen LogP contribution in [0.2, 0.25) is 0 Å². The van der Waals surface area contributed by atoms with Crippen LogP contribution in [0.1, 0.15) is 20.8 Å². The number of aromatic nitrogens is 1. The molecule has 7 nitrogen and oxygen atoms in total. The summed E-state index contributed by atoms with van der Waals surface area (Å²) in [5.74, 6) is -1.31. The molecule has 0 aliphatic rings. The minimum Gasteiger partial charge on any atom is -0.452 e. The topological polar surface area (TPSA) is 89.4 Å². The van der Waals surface area contributed by atoms with Crippen molar-refractivity contribution in [2.24, 2.45) is 0 Å². The summed E-state index contributed by atoms with van der Waals surface area (Å²) in [7, 11) is 0. The molecule has 2 N–H and O–H groups in total. The van der Waals surface area contributed by atoms with Crippen molar-refractivity contribution in [3.8, 4) is 5.00 Å². The van der Waals surface area contributed by atoms with E-state index >= 15 is 0 Å². The summed E-state index contributed by atoms with van der Waals surface area (Å²) in [5.41, 5.74) is 1.23. The SMILES string of the molecule is C=CCNC(=O)NC(=O)COC(=O)c1c(-n2cccc2)sc(C)c1C. The number of imide groups is 1. The largest absolute Gasteiger partial charge is 0.452 e. The Hall–Kier alpha value is -2.87. The van der Waals surface area contributed by atoms with Crippen LogP contribution in [0.5, 0.6) is 0 Å². The standard InChI is InChI=1S/C17H19N3O4S/c1-4-7-18-17(23)19-13(21)10-24-16(22)14-11(2)12(3)25-15(14)20-8-5-6-9-20/h4-6,8-9H,1,7,10H2,2-3H3,(H2,18,19,21,23). The van der Waals surface area contributed by atoms with E-state index in [1.807, 2.05) is 42.9 Å². The molecule has 0 unspecified atom stereocenters. The Balaban J connectivity index is 2.03. The first-order valence-corrected chi connectivity index (χ1v) is 8.34. The number of hydrogen-bond donors (Lipinski definition) is 2. The molecule has 0 bridgehead atoms. The molecule has 25 heavy (non-hydrogen) atoms. The number of amides is 3. The van der Waals surface area contributed by atoms with Gasteiger partial charge in [0.2, 0.25) is 0 Å².